The van der Waals surface area contributed by atoms with E-state index >= 15 is 0 Å². The van der Waals surface area contributed by atoms with Crippen molar-refractivity contribution >= 4 is 17.9 Å². The molecule has 0 spiro atoms. The van der Waals surface area contributed by atoms with Crippen molar-refractivity contribution < 1.29 is 83.7 Å². The van der Waals surface area contributed by atoms with Gasteiger partial charge in [-0.3, -0.25) is 14.4 Å². The summed E-state index contributed by atoms with van der Waals surface area (Å²) in [6.07, 6.45) is 6.17. The van der Waals surface area contributed by atoms with E-state index in [0.717, 1.165) is 66.7 Å². The van der Waals surface area contributed by atoms with Crippen LogP contribution in [-0.4, -0.2) is 71.2 Å². The van der Waals surface area contributed by atoms with Crippen LogP contribution in [0.5, 0.6) is 17.2 Å². The summed E-state index contributed by atoms with van der Waals surface area (Å²) in [7, 11) is 2.75. The second-order valence-corrected chi connectivity index (χ2v) is 18.4. The smallest absolute Gasteiger partial charge is 0.870 e. The number of methoxy groups -OCH3 is 2. The van der Waals surface area contributed by atoms with Gasteiger partial charge in [-0.1, -0.05) is 127 Å². The maximum atomic E-state index is 11.6. The molecule has 6 aromatic carbocycles. The Morgan fingerprint density at radius 2 is 0.766 bits per heavy atom. The molecule has 0 heterocycles. The summed E-state index contributed by atoms with van der Waals surface area (Å²) in [4.78, 5) is 33.7. The Morgan fingerprint density at radius 1 is 0.481 bits per heavy atom. The fourth-order valence-corrected chi connectivity index (χ4v) is 9.34. The standard InChI is InChI=1S/C22H22O3.C21H20O3.C13H14O3.C9H10O.Na.H2O/c1-3-6-17(15-22(23)24-2)16-9-11-20(12-10-16)25-21-13-18-7-4-5-8-19(18)14-21;1-2-5-16(14-21(22)23)15-8-10-19(11-9-15)24-20-12-17-6-3-4-7-18(17)13-20;1-3-4-11(9-13(15)16-2)10-5-7-12(14)8-6-10;10-9-5-7-3-1-2-4-8(7)6-9;;/h4-5,7-12,17,21H,13-15H2,1-2H3;3-4,6-11,16,20H,12-14H2,1H3,(H,22,23);5-8,11,14H,9H2,1-2H3;1-4,9-10H,5-6H2;;1H2/q;;;;+1;/p-1/t17-;16-;11-;;;/m000.../s1. The molecule has 77 heavy (non-hydrogen) atoms. The van der Waals surface area contributed by atoms with Gasteiger partial charge in [-0.2, -0.15) is 0 Å². The Labute approximate surface area is 476 Å². The minimum absolute atomic E-state index is 0. The monoisotopic (exact) mass is 1050 g/mol. The number of phenols is 1. The summed E-state index contributed by atoms with van der Waals surface area (Å²) in [6, 6.07) is 47.3. The van der Waals surface area contributed by atoms with Crippen LogP contribution in [0.25, 0.3) is 0 Å². The van der Waals surface area contributed by atoms with Crippen LogP contribution in [0, 0.1) is 35.5 Å². The summed E-state index contributed by atoms with van der Waals surface area (Å²) < 4.78 is 21.6. The Hall–Kier alpha value is -7.27. The van der Waals surface area contributed by atoms with Gasteiger partial charge in [-0.15, -0.1) is 17.8 Å². The van der Waals surface area contributed by atoms with E-state index in [1.54, 1.807) is 45.0 Å². The molecule has 9 rings (SSSR count). The van der Waals surface area contributed by atoms with Gasteiger partial charge < -0.3 is 39.7 Å². The number of phenolic OH excluding ortho intramolecular Hbond substituents is 1. The van der Waals surface area contributed by atoms with Crippen LogP contribution >= 0.6 is 0 Å². The van der Waals surface area contributed by atoms with Crippen LogP contribution in [0.1, 0.15) is 108 Å². The number of fused-ring (bicyclic) bond motifs is 3. The van der Waals surface area contributed by atoms with Crippen molar-refractivity contribution in [2.45, 2.75) is 115 Å². The van der Waals surface area contributed by atoms with E-state index in [0.29, 0.717) is 0 Å². The molecule has 0 aliphatic heterocycles. The maximum absolute atomic E-state index is 11.6. The summed E-state index contributed by atoms with van der Waals surface area (Å²) >= 11 is 0. The molecule has 0 radical (unpaired) electrons. The molecule has 11 nitrogen and oxygen atoms in total. The predicted octanol–water partition coefficient (Wildman–Crippen LogP) is 7.75. The van der Waals surface area contributed by atoms with E-state index in [4.69, 9.17) is 24.4 Å². The summed E-state index contributed by atoms with van der Waals surface area (Å²) in [6.45, 7) is 5.23. The van der Waals surface area contributed by atoms with Crippen LogP contribution in [0.4, 0.5) is 0 Å². The van der Waals surface area contributed by atoms with Gasteiger partial charge in [0.2, 0.25) is 0 Å². The van der Waals surface area contributed by atoms with Crippen LogP contribution < -0.4 is 39.0 Å². The molecule has 0 fully saturated rings. The van der Waals surface area contributed by atoms with Crippen molar-refractivity contribution in [2.75, 3.05) is 14.2 Å². The number of esters is 2. The number of carboxylic acids is 1. The molecule has 0 unspecified atom stereocenters. The number of rotatable bonds is 13. The first kappa shape index (κ1) is 62.3. The Bertz CT molecular complexity index is 2950. The van der Waals surface area contributed by atoms with Gasteiger partial charge in [-0.05, 0) is 120 Å². The maximum Gasteiger partial charge on any atom is 1.00 e. The third-order valence-electron chi connectivity index (χ3n) is 13.1. The minimum Gasteiger partial charge on any atom is -0.870 e. The first-order chi connectivity index (χ1) is 36.4. The Balaban J connectivity index is 0.000000230. The molecule has 394 valence electrons. The molecule has 12 heteroatoms. The molecule has 0 saturated carbocycles. The summed E-state index contributed by atoms with van der Waals surface area (Å²) in [5, 5.41) is 27.4. The summed E-state index contributed by atoms with van der Waals surface area (Å²) in [5.41, 5.74) is 10.9. The molecular formula is C65H67NaO11. The van der Waals surface area contributed by atoms with Crippen molar-refractivity contribution in [3.8, 4) is 52.8 Å². The first-order valence-corrected chi connectivity index (χ1v) is 25.2. The molecular weight excluding hydrogens is 980 g/mol. The SMILES string of the molecule is CC#C[C@@H](CC(=O)O)c1ccc(OC2Cc3ccccc3C2)cc1.CC#C[C@@H](CC(=O)OC)c1ccc(O)cc1.CC#C[C@@H](CC(=O)OC)c1ccc(OC2Cc3ccccc3C2)cc1.OC1Cc2ccccc2C1.[Na+].[OH-]. The van der Waals surface area contributed by atoms with Crippen LogP contribution in [0.2, 0.25) is 0 Å². The minimum atomic E-state index is -0.841. The predicted molar refractivity (Wildman–Crippen MR) is 293 cm³/mol. The second kappa shape index (κ2) is 32.3. The van der Waals surface area contributed by atoms with Crippen LogP contribution in [0.3, 0.4) is 0 Å². The van der Waals surface area contributed by atoms with Gasteiger partial charge in [0.1, 0.15) is 29.5 Å². The number of carbonyl (C=O) groups excluding carboxylic acids is 2. The number of ether oxygens (including phenoxy) is 4. The van der Waals surface area contributed by atoms with Crippen molar-refractivity contribution in [1.82, 2.24) is 0 Å². The molecule has 0 saturated heterocycles. The van der Waals surface area contributed by atoms with Crippen molar-refractivity contribution in [3.05, 3.63) is 196 Å². The Kier molecular flexibility index (Phi) is 26.2. The van der Waals surface area contributed by atoms with Gasteiger partial charge >= 0.3 is 47.5 Å². The van der Waals surface area contributed by atoms with E-state index < -0.39 is 5.97 Å². The van der Waals surface area contributed by atoms with Crippen molar-refractivity contribution in [3.63, 3.8) is 0 Å². The van der Waals surface area contributed by atoms with Gasteiger partial charge in [0.15, 0.2) is 0 Å². The van der Waals surface area contributed by atoms with Crippen LogP contribution in [0.15, 0.2) is 146 Å². The number of aliphatic carboxylic acids is 1. The summed E-state index contributed by atoms with van der Waals surface area (Å²) in [5.74, 6) is 17.3. The van der Waals surface area contributed by atoms with Crippen LogP contribution in [-0.2, 0) is 62.4 Å². The molecule has 6 aromatic rings. The number of hydrogen-bond acceptors (Lipinski definition) is 10. The zero-order valence-electron chi connectivity index (χ0n) is 44.8. The number of aromatic hydroxyl groups is 1. The third kappa shape index (κ3) is 19.7. The number of benzene rings is 6. The van der Waals surface area contributed by atoms with E-state index in [1.165, 1.54) is 47.6 Å². The zero-order chi connectivity index (χ0) is 53.5. The quantitative estimate of drug-likeness (QED) is 0.0585. The molecule has 3 atom stereocenters. The number of aliphatic hydroxyl groups excluding tert-OH is 1. The molecule has 3 aliphatic rings. The normalized spacial score (nSPS) is 13.6. The fourth-order valence-electron chi connectivity index (χ4n) is 9.34. The molecule has 4 N–H and O–H groups in total. The molecule has 3 aliphatic carbocycles. The second-order valence-electron chi connectivity index (χ2n) is 18.4. The Morgan fingerprint density at radius 3 is 1.05 bits per heavy atom. The number of carboxylic acid groups (broad SMARTS) is 1. The zero-order valence-corrected chi connectivity index (χ0v) is 46.8. The van der Waals surface area contributed by atoms with Crippen molar-refractivity contribution in [1.29, 1.82) is 0 Å². The third-order valence-corrected chi connectivity index (χ3v) is 13.1. The van der Waals surface area contributed by atoms with Gasteiger partial charge in [-0.25, -0.2) is 0 Å². The first-order valence-electron chi connectivity index (χ1n) is 25.2. The number of hydrogen-bond donors (Lipinski definition) is 3. The molecule has 0 aromatic heterocycles. The van der Waals surface area contributed by atoms with E-state index in [9.17, 15) is 19.5 Å². The largest absolute Gasteiger partial charge is 1.00 e. The van der Waals surface area contributed by atoms with E-state index in [2.05, 4.69) is 101 Å². The average molecular weight is 1050 g/mol. The molecule has 0 bridgehead atoms. The van der Waals surface area contributed by atoms with Gasteiger partial charge in [0.25, 0.3) is 0 Å². The van der Waals surface area contributed by atoms with E-state index in [1.807, 2.05) is 60.7 Å². The van der Waals surface area contributed by atoms with Crippen molar-refractivity contribution in [2.24, 2.45) is 0 Å². The number of aliphatic hydroxyl groups is 1. The topological polar surface area (TPSA) is 179 Å². The fraction of sp³-hybridized carbons (Fsp3) is 0.308. The average Bonchev–Trinajstić information content (AvgIpc) is 4.15. The molecule has 0 amide bonds. The van der Waals surface area contributed by atoms with Gasteiger partial charge in [0, 0.05) is 25.7 Å². The van der Waals surface area contributed by atoms with Gasteiger partial charge in [0.05, 0.1) is 57.3 Å². The number of carbonyl (C=O) groups is 3. The van der Waals surface area contributed by atoms with E-state index in [-0.39, 0.29) is 108 Å².